The van der Waals surface area contributed by atoms with Crippen molar-refractivity contribution in [2.75, 3.05) is 52.9 Å². The van der Waals surface area contributed by atoms with E-state index in [0.29, 0.717) is 67.5 Å². The van der Waals surface area contributed by atoms with Crippen molar-refractivity contribution in [3.05, 3.63) is 115 Å². The molecule has 0 heterocycles. The van der Waals surface area contributed by atoms with E-state index >= 15 is 0 Å². The van der Waals surface area contributed by atoms with Crippen LogP contribution in [-0.2, 0) is 85.5 Å². The maximum absolute atomic E-state index is 13.3. The number of hydrogen-bond acceptors (Lipinski definition) is 12. The molecule has 76 heavy (non-hydrogen) atoms. The zero-order valence-corrected chi connectivity index (χ0v) is 46.3. The number of esters is 4. The molecule has 0 amide bonds. The molecular formula is C64H72O12. The van der Waals surface area contributed by atoms with E-state index in [-0.39, 0.29) is 52.1 Å². The van der Waals surface area contributed by atoms with Crippen LogP contribution in [0, 0.1) is 49.4 Å². The van der Waals surface area contributed by atoms with Crippen molar-refractivity contribution in [1.82, 2.24) is 0 Å². The molecule has 4 aromatic rings. The maximum Gasteiger partial charge on any atom is 0.345 e. The summed E-state index contributed by atoms with van der Waals surface area (Å²) in [6, 6.07) is 16.5. The zero-order valence-electron chi connectivity index (χ0n) is 46.3. The number of carbonyl (C=O) groups is 4. The Balaban J connectivity index is 2.03. The van der Waals surface area contributed by atoms with Crippen LogP contribution in [0.3, 0.4) is 0 Å². The van der Waals surface area contributed by atoms with Gasteiger partial charge in [0, 0.05) is 25.7 Å². The van der Waals surface area contributed by atoms with Gasteiger partial charge in [0.15, 0.2) is 52.9 Å². The van der Waals surface area contributed by atoms with Crippen LogP contribution in [0.5, 0.6) is 23.0 Å². The summed E-state index contributed by atoms with van der Waals surface area (Å²) < 4.78 is 47.8. The molecule has 1 aliphatic carbocycles. The summed E-state index contributed by atoms with van der Waals surface area (Å²) in [5.41, 5.74) is 7.67. The molecule has 0 fully saturated rings. The second-order valence-electron chi connectivity index (χ2n) is 22.8. The van der Waals surface area contributed by atoms with Gasteiger partial charge in [-0.05, 0) is 88.4 Å². The molecular weight excluding hydrogens is 961 g/mol. The molecule has 4 aromatic carbocycles. The van der Waals surface area contributed by atoms with E-state index in [1.54, 1.807) is 0 Å². The Bertz CT molecular complexity index is 2490. The Labute approximate surface area is 450 Å². The first-order chi connectivity index (χ1) is 35.7. The topological polar surface area (TPSA) is 142 Å². The van der Waals surface area contributed by atoms with E-state index in [4.69, 9.17) is 63.6 Å². The minimum absolute atomic E-state index is 0.173. The SMILES string of the molecule is C#CCOC(=O)COc1c2cc(C(C)(C)C)cc1Cc1cc(C(C)(C)C)cc(c1OCC(=O)OCC#C)Cc1cc(C(C)(C)C)cc(c1OCC(=O)OCC#C)Cc1cc(C(C)(C)C)cc(c1OCC(=O)OCC#C)C2. The van der Waals surface area contributed by atoms with Gasteiger partial charge in [-0.3, -0.25) is 0 Å². The maximum atomic E-state index is 13.3. The summed E-state index contributed by atoms with van der Waals surface area (Å²) in [6.45, 7) is 22.4. The van der Waals surface area contributed by atoms with Crippen LogP contribution in [0.1, 0.15) is 150 Å². The van der Waals surface area contributed by atoms with Gasteiger partial charge in [0.05, 0.1) is 0 Å². The third-order valence-corrected chi connectivity index (χ3v) is 12.6. The van der Waals surface area contributed by atoms with Crippen molar-refractivity contribution < 1.29 is 57.1 Å². The lowest BCUT2D eigenvalue weighted by Gasteiger charge is -2.29. The largest absolute Gasteiger partial charge is 0.481 e. The monoisotopic (exact) mass is 1030 g/mol. The summed E-state index contributed by atoms with van der Waals surface area (Å²) in [5.74, 6) is 8.25. The first-order valence-electron chi connectivity index (χ1n) is 25.2. The van der Waals surface area contributed by atoms with Gasteiger partial charge >= 0.3 is 23.9 Å². The average Bonchev–Trinajstić information content (AvgIpc) is 3.33. The van der Waals surface area contributed by atoms with Gasteiger partial charge in [-0.25, -0.2) is 19.2 Å². The standard InChI is InChI=1S/C64H72O12/c1-17-21-69-53(65)37-73-57-41-25-43-31-50(62(8,9)10)33-45(58(43)74-38-54(66)70-22-18-2)27-47-35-52(64(14,15)16)36-48(60(47)76-40-56(68)72-24-20-4)28-46-34-51(63(11,12)13)32-44(59(46)75-39-55(67)71-23-19-3)26-42(57)30-49(29-41)61(5,6)7/h1-4,29-36H,21-28,37-40H2,5-16H3. The van der Waals surface area contributed by atoms with Gasteiger partial charge in [0.2, 0.25) is 0 Å². The Morgan fingerprint density at radius 2 is 0.500 bits per heavy atom. The third-order valence-electron chi connectivity index (χ3n) is 12.6. The number of hydrogen-bond donors (Lipinski definition) is 0. The predicted molar refractivity (Wildman–Crippen MR) is 293 cm³/mol. The molecule has 8 bridgehead atoms. The highest BCUT2D eigenvalue weighted by Crippen LogP contribution is 2.44. The van der Waals surface area contributed by atoms with E-state index < -0.39 is 72.0 Å². The Hall–Kier alpha value is -7.80. The fourth-order valence-electron chi connectivity index (χ4n) is 8.54. The van der Waals surface area contributed by atoms with Gasteiger partial charge in [0.1, 0.15) is 23.0 Å². The van der Waals surface area contributed by atoms with Crippen molar-refractivity contribution in [3.8, 4) is 72.4 Å². The van der Waals surface area contributed by atoms with Crippen LogP contribution in [-0.4, -0.2) is 76.7 Å². The second-order valence-corrected chi connectivity index (χ2v) is 22.8. The summed E-state index contributed by atoms with van der Waals surface area (Å²) in [7, 11) is 0. The van der Waals surface area contributed by atoms with Crippen LogP contribution < -0.4 is 18.9 Å². The molecule has 0 saturated carbocycles. The summed E-state index contributed by atoms with van der Waals surface area (Å²) in [6.07, 6.45) is 22.6. The lowest BCUT2D eigenvalue weighted by atomic mass is 9.79. The van der Waals surface area contributed by atoms with E-state index in [9.17, 15) is 19.2 Å². The lowest BCUT2D eigenvalue weighted by Crippen LogP contribution is -2.21. The molecule has 0 atom stereocenters. The van der Waals surface area contributed by atoms with E-state index in [1.165, 1.54) is 0 Å². The molecule has 5 rings (SSSR count). The summed E-state index contributed by atoms with van der Waals surface area (Å²) in [5, 5.41) is 0. The Morgan fingerprint density at radius 3 is 0.632 bits per heavy atom. The highest BCUT2D eigenvalue weighted by molar-refractivity contribution is 5.74. The highest BCUT2D eigenvalue weighted by atomic mass is 16.6. The number of rotatable bonds is 16. The van der Waals surface area contributed by atoms with Crippen LogP contribution in [0.15, 0.2) is 48.5 Å². The number of terminal acetylenes is 4. The van der Waals surface area contributed by atoms with Gasteiger partial charge in [-0.15, -0.1) is 25.7 Å². The zero-order chi connectivity index (χ0) is 56.2. The van der Waals surface area contributed by atoms with Gasteiger partial charge in [-0.1, -0.05) is 155 Å². The quantitative estimate of drug-likeness (QED) is 0.0528. The molecule has 0 N–H and O–H groups in total. The van der Waals surface area contributed by atoms with Gasteiger partial charge in [0.25, 0.3) is 0 Å². The van der Waals surface area contributed by atoms with Crippen LogP contribution >= 0.6 is 0 Å². The third kappa shape index (κ3) is 16.1. The molecule has 0 unspecified atom stereocenters. The van der Waals surface area contributed by atoms with E-state index in [1.807, 2.05) is 0 Å². The molecule has 0 saturated heterocycles. The minimum atomic E-state index is -0.673. The predicted octanol–water partition coefficient (Wildman–Crippen LogP) is 9.77. The molecule has 1 aliphatic rings. The van der Waals surface area contributed by atoms with Crippen molar-refractivity contribution in [2.45, 2.75) is 130 Å². The number of carbonyl (C=O) groups excluding carboxylic acids is 4. The molecule has 12 heteroatoms. The van der Waals surface area contributed by atoms with Crippen molar-refractivity contribution >= 4 is 23.9 Å². The van der Waals surface area contributed by atoms with E-state index in [2.05, 4.69) is 155 Å². The lowest BCUT2D eigenvalue weighted by molar-refractivity contribution is -0.145. The first-order valence-corrected chi connectivity index (χ1v) is 25.2. The Morgan fingerprint density at radius 1 is 0.342 bits per heavy atom. The molecule has 0 aromatic heterocycles. The van der Waals surface area contributed by atoms with Crippen LogP contribution in [0.4, 0.5) is 0 Å². The fraction of sp³-hybridized carbons (Fsp3) is 0.438. The molecule has 0 spiro atoms. The number of ether oxygens (including phenoxy) is 8. The smallest absolute Gasteiger partial charge is 0.345 e. The second kappa shape index (κ2) is 25.2. The number of benzene rings is 4. The van der Waals surface area contributed by atoms with Crippen LogP contribution in [0.25, 0.3) is 0 Å². The van der Waals surface area contributed by atoms with Crippen molar-refractivity contribution in [3.63, 3.8) is 0 Å². The average molecular weight is 1030 g/mol. The van der Waals surface area contributed by atoms with Gasteiger partial charge in [-0.2, -0.15) is 0 Å². The number of fused-ring (bicyclic) bond motifs is 8. The summed E-state index contributed by atoms with van der Waals surface area (Å²) in [4.78, 5) is 53.2. The first kappa shape index (κ1) is 59.1. The van der Waals surface area contributed by atoms with Crippen LogP contribution in [0.2, 0.25) is 0 Å². The minimum Gasteiger partial charge on any atom is -0.481 e. The fourth-order valence-corrected chi connectivity index (χ4v) is 8.54. The molecule has 400 valence electrons. The van der Waals surface area contributed by atoms with Crippen molar-refractivity contribution in [2.24, 2.45) is 0 Å². The normalized spacial score (nSPS) is 12.3. The molecule has 0 radical (unpaired) electrons. The highest BCUT2D eigenvalue weighted by Gasteiger charge is 2.30. The van der Waals surface area contributed by atoms with Crippen molar-refractivity contribution in [1.29, 1.82) is 0 Å². The molecule has 0 aliphatic heterocycles. The summed E-state index contributed by atoms with van der Waals surface area (Å²) >= 11 is 0. The van der Waals surface area contributed by atoms with E-state index in [0.717, 1.165) is 22.3 Å². The molecule has 12 nitrogen and oxygen atoms in total. The van der Waals surface area contributed by atoms with Gasteiger partial charge < -0.3 is 37.9 Å². The Kier molecular flexibility index (Phi) is 19.6.